The van der Waals surface area contributed by atoms with Gasteiger partial charge in [0.1, 0.15) is 11.6 Å². The molecule has 4 aromatic rings. The van der Waals surface area contributed by atoms with E-state index in [0.29, 0.717) is 54.5 Å². The fraction of sp³-hybridized carbons (Fsp3) is 0.441. The van der Waals surface area contributed by atoms with Crippen LogP contribution in [0.25, 0.3) is 21.8 Å². The van der Waals surface area contributed by atoms with Gasteiger partial charge in [-0.15, -0.1) is 0 Å². The second-order valence-electron chi connectivity index (χ2n) is 14.5. The summed E-state index contributed by atoms with van der Waals surface area (Å²) >= 11 is 1.20. The number of sulfonamides is 1. The number of rotatable bonds is 10. The maximum absolute atomic E-state index is 16.5. The molecule has 11 nitrogen and oxygen atoms in total. The van der Waals surface area contributed by atoms with Crippen LogP contribution in [0.5, 0.6) is 0 Å². The molecule has 3 saturated heterocycles. The first-order chi connectivity index (χ1) is 25.5. The highest BCUT2D eigenvalue weighted by Crippen LogP contribution is 2.51. The maximum Gasteiger partial charge on any atom is 0.390 e. The lowest BCUT2D eigenvalue weighted by molar-refractivity contribution is -0.138. The number of nitrogens with zero attached hydrogens (tertiary/aromatic N) is 5. The molecular formula is C34H33F6N7O4S3. The number of hydrogen-bond donors (Lipinski definition) is 2. The highest BCUT2D eigenvalue weighted by atomic mass is 32.2. The van der Waals surface area contributed by atoms with E-state index in [1.165, 1.54) is 29.7 Å². The number of nitrogens with one attached hydrogen (secondary N) is 2. The van der Waals surface area contributed by atoms with Crippen molar-refractivity contribution < 1.29 is 43.2 Å². The van der Waals surface area contributed by atoms with E-state index in [0.717, 1.165) is 24.3 Å². The Labute approximate surface area is 310 Å². The number of halogens is 6. The van der Waals surface area contributed by atoms with Gasteiger partial charge in [0.2, 0.25) is 5.95 Å². The number of hydrogen-bond acceptors (Lipinski definition) is 11. The van der Waals surface area contributed by atoms with Gasteiger partial charge in [-0.25, -0.2) is 45.0 Å². The van der Waals surface area contributed by atoms with Gasteiger partial charge >= 0.3 is 6.18 Å². The molecule has 288 valence electrons. The zero-order valence-corrected chi connectivity index (χ0v) is 30.7. The topological polar surface area (TPSA) is 137 Å². The number of piperazine rings is 1. The molecule has 1 aliphatic carbocycles. The summed E-state index contributed by atoms with van der Waals surface area (Å²) < 4.78 is 136. The van der Waals surface area contributed by atoms with Gasteiger partial charge in [-0.1, -0.05) is 23.5 Å². The fourth-order valence-electron chi connectivity index (χ4n) is 8.23. The third-order valence-corrected chi connectivity index (χ3v) is 15.0. The van der Waals surface area contributed by atoms with Crippen LogP contribution in [0, 0.1) is 22.9 Å². The Morgan fingerprint density at radius 2 is 1.61 bits per heavy atom. The highest BCUT2D eigenvalue weighted by Gasteiger charge is 2.56. The van der Waals surface area contributed by atoms with Crippen LogP contribution in [0.1, 0.15) is 32.1 Å². The minimum Gasteiger partial charge on any atom is -0.351 e. The van der Waals surface area contributed by atoms with Gasteiger partial charge < -0.3 is 10.2 Å². The predicted molar refractivity (Wildman–Crippen MR) is 190 cm³/mol. The molecule has 2 aromatic carbocycles. The van der Waals surface area contributed by atoms with Gasteiger partial charge in [-0.3, -0.25) is 9.62 Å². The summed E-state index contributed by atoms with van der Waals surface area (Å²) in [6.07, 6.45) is -1.01. The molecular weight excluding hydrogens is 781 g/mol. The summed E-state index contributed by atoms with van der Waals surface area (Å²) in [5.74, 6) is -3.23. The van der Waals surface area contributed by atoms with Gasteiger partial charge in [0.05, 0.1) is 39.9 Å². The summed E-state index contributed by atoms with van der Waals surface area (Å²) in [4.78, 5) is 16.8. The fourth-order valence-corrected chi connectivity index (χ4v) is 12.9. The van der Waals surface area contributed by atoms with Crippen molar-refractivity contribution in [3.8, 4) is 21.8 Å². The lowest BCUT2D eigenvalue weighted by Crippen LogP contribution is -2.60. The predicted octanol–water partition coefficient (Wildman–Crippen LogP) is 6.08. The summed E-state index contributed by atoms with van der Waals surface area (Å²) in [6.45, 7) is 0.625. The summed E-state index contributed by atoms with van der Waals surface area (Å²) in [7, 11) is -7.92. The van der Waals surface area contributed by atoms with E-state index in [2.05, 4.69) is 10.3 Å². The van der Waals surface area contributed by atoms with E-state index in [9.17, 15) is 38.8 Å². The number of benzene rings is 2. The smallest absolute Gasteiger partial charge is 0.351 e. The Kier molecular flexibility index (Phi) is 9.12. The van der Waals surface area contributed by atoms with Gasteiger partial charge in [-0.2, -0.15) is 13.2 Å². The quantitative estimate of drug-likeness (QED) is 0.181. The molecule has 54 heavy (non-hydrogen) atoms. The monoisotopic (exact) mass is 813 g/mol. The Hall–Kier alpha value is -4.01. The number of fused-ring (bicyclic) bond motifs is 2. The van der Waals surface area contributed by atoms with Gasteiger partial charge in [0, 0.05) is 54.9 Å². The van der Waals surface area contributed by atoms with Crippen LogP contribution < -0.4 is 14.9 Å². The maximum atomic E-state index is 16.5. The normalized spacial score (nSPS) is 22.2. The van der Waals surface area contributed by atoms with E-state index in [1.807, 2.05) is 9.62 Å². The second kappa shape index (κ2) is 13.3. The Morgan fingerprint density at radius 1 is 0.944 bits per heavy atom. The number of thiazole rings is 1. The molecule has 20 heteroatoms. The van der Waals surface area contributed by atoms with E-state index in [4.69, 9.17) is 9.97 Å². The third-order valence-electron chi connectivity index (χ3n) is 10.4. The van der Waals surface area contributed by atoms with E-state index in [-0.39, 0.29) is 58.8 Å². The molecule has 8 rings (SSSR count). The van der Waals surface area contributed by atoms with Crippen LogP contribution in [0.3, 0.4) is 0 Å². The summed E-state index contributed by atoms with van der Waals surface area (Å²) in [5, 5.41) is 3.72. The van der Waals surface area contributed by atoms with Crippen LogP contribution in [0.15, 0.2) is 53.6 Å². The van der Waals surface area contributed by atoms with E-state index < -0.39 is 60.5 Å². The minimum absolute atomic E-state index is 0.0575. The first-order valence-electron chi connectivity index (χ1n) is 17.1. The Balaban J connectivity index is 1.13. The average Bonchev–Trinajstić information content (AvgIpc) is 3.60. The van der Waals surface area contributed by atoms with Crippen molar-refractivity contribution in [3.05, 3.63) is 66.1 Å². The third kappa shape index (κ3) is 7.12. The van der Waals surface area contributed by atoms with Crippen molar-refractivity contribution in [2.75, 3.05) is 46.1 Å². The molecule has 2 N–H and O–H groups in total. The van der Waals surface area contributed by atoms with Crippen LogP contribution in [-0.2, 0) is 19.9 Å². The molecule has 4 fully saturated rings. The second-order valence-corrected chi connectivity index (χ2v) is 19.1. The number of sulfone groups is 1. The van der Waals surface area contributed by atoms with Gasteiger partial charge in [0.15, 0.2) is 25.7 Å². The molecule has 5 heterocycles. The molecule has 1 saturated carbocycles. The van der Waals surface area contributed by atoms with Crippen LogP contribution >= 0.6 is 11.3 Å². The van der Waals surface area contributed by atoms with Crippen molar-refractivity contribution >= 4 is 48.0 Å². The zero-order valence-electron chi connectivity index (χ0n) is 28.3. The van der Waals surface area contributed by atoms with Crippen molar-refractivity contribution in [1.82, 2.24) is 19.9 Å². The molecule has 2 aromatic heterocycles. The molecule has 2 unspecified atom stereocenters. The number of likely N-dealkylation sites (tertiary alicyclic amines) is 1. The molecule has 1 spiro atoms. The molecule has 3 aliphatic heterocycles. The first-order valence-corrected chi connectivity index (χ1v) is 21.2. The lowest BCUT2D eigenvalue weighted by atomic mass is 9.67. The lowest BCUT2D eigenvalue weighted by Gasteiger charge is -2.53. The largest absolute Gasteiger partial charge is 0.390 e. The highest BCUT2D eigenvalue weighted by molar-refractivity contribution is 7.93. The summed E-state index contributed by atoms with van der Waals surface area (Å²) in [5.41, 5.74) is -0.515. The van der Waals surface area contributed by atoms with Crippen molar-refractivity contribution in [2.45, 2.75) is 61.3 Å². The van der Waals surface area contributed by atoms with Crippen LogP contribution in [-0.4, -0.2) is 92.1 Å². The minimum atomic E-state index is -4.93. The Morgan fingerprint density at radius 3 is 2.26 bits per heavy atom. The first kappa shape index (κ1) is 36.9. The van der Waals surface area contributed by atoms with Crippen molar-refractivity contribution in [2.24, 2.45) is 5.41 Å². The van der Waals surface area contributed by atoms with Crippen LogP contribution in [0.2, 0.25) is 0 Å². The van der Waals surface area contributed by atoms with Crippen LogP contribution in [0.4, 0.5) is 43.1 Å². The van der Waals surface area contributed by atoms with Crippen molar-refractivity contribution in [1.29, 1.82) is 0 Å². The summed E-state index contributed by atoms with van der Waals surface area (Å²) in [6, 6.07) is 7.60. The molecule has 2 atom stereocenters. The number of alkyl halides is 3. The van der Waals surface area contributed by atoms with E-state index in [1.54, 1.807) is 11.0 Å². The molecule has 0 amide bonds. The average molecular weight is 814 g/mol. The van der Waals surface area contributed by atoms with Gasteiger partial charge in [-0.05, 0) is 56.0 Å². The Bertz CT molecular complexity index is 2290. The van der Waals surface area contributed by atoms with Crippen molar-refractivity contribution in [3.63, 3.8) is 0 Å². The zero-order chi connectivity index (χ0) is 38.2. The van der Waals surface area contributed by atoms with E-state index >= 15 is 4.39 Å². The molecule has 0 radical (unpaired) electrons. The standard InChI is InChI=1S/C34H33F6N7O4S3/c35-23-4-2-5-24(36)30(23)54(50,51)45-25-6-1-3-22(27(25)37)28-29(26-9-11-41-31(43-26)42-19-13-33(14-19)17-53(48,49)18-33)52-32(44-28)47-20-7-8-21(47)16-46(15-20)12-10-34(38,39)40/h1-6,9,11,19-21,45H,7-8,10,12-18H2,(H,41,42,43). The van der Waals surface area contributed by atoms with Gasteiger partial charge in [0.25, 0.3) is 10.0 Å². The number of aromatic nitrogens is 3. The molecule has 4 aliphatic rings. The number of anilines is 3. The molecule has 2 bridgehead atoms. The SMILES string of the molecule is O=S1(=O)CC2(CC(Nc3nccc(-c4sc(N5C6CCC5CN(CCC(F)(F)F)C6)nc4-c4cccc(NS(=O)(=O)c5c(F)cccc5F)c4F)n3)C2)C1.